The minimum Gasteiger partial charge on any atom is -0.493 e. The lowest BCUT2D eigenvalue weighted by molar-refractivity contribution is 0.245. The molecule has 1 unspecified atom stereocenters. The second kappa shape index (κ2) is 7.70. The highest BCUT2D eigenvalue weighted by Gasteiger charge is 2.08. The molecule has 0 aromatic heterocycles. The van der Waals surface area contributed by atoms with Gasteiger partial charge in [-0.15, -0.1) is 0 Å². The SMILES string of the molecule is Cc1ccc(C(C)N)c(OCCCOc2ccccc2)c1. The van der Waals surface area contributed by atoms with Crippen molar-refractivity contribution in [2.24, 2.45) is 5.73 Å². The Labute approximate surface area is 126 Å². The van der Waals surface area contributed by atoms with Crippen LogP contribution in [0.3, 0.4) is 0 Å². The number of benzene rings is 2. The standard InChI is InChI=1S/C18H23NO2/c1-14-9-10-17(15(2)19)18(13-14)21-12-6-11-20-16-7-4-3-5-8-16/h3-5,7-10,13,15H,6,11-12,19H2,1-2H3. The molecule has 0 fully saturated rings. The molecule has 2 rings (SSSR count). The van der Waals surface area contributed by atoms with Gasteiger partial charge in [-0.2, -0.15) is 0 Å². The Morgan fingerprint density at radius 1 is 1.00 bits per heavy atom. The molecule has 2 aromatic carbocycles. The lowest BCUT2D eigenvalue weighted by Gasteiger charge is -2.15. The summed E-state index contributed by atoms with van der Waals surface area (Å²) in [5.41, 5.74) is 8.19. The van der Waals surface area contributed by atoms with Crippen LogP contribution in [0.5, 0.6) is 11.5 Å². The van der Waals surface area contributed by atoms with Crippen molar-refractivity contribution in [3.05, 3.63) is 59.7 Å². The van der Waals surface area contributed by atoms with Crippen molar-refractivity contribution in [2.45, 2.75) is 26.3 Å². The highest BCUT2D eigenvalue weighted by atomic mass is 16.5. The average Bonchev–Trinajstić information content (AvgIpc) is 2.48. The lowest BCUT2D eigenvalue weighted by Crippen LogP contribution is -2.10. The predicted molar refractivity (Wildman–Crippen MR) is 85.8 cm³/mol. The summed E-state index contributed by atoms with van der Waals surface area (Å²) in [6.45, 7) is 5.28. The maximum absolute atomic E-state index is 5.97. The first-order valence-electron chi connectivity index (χ1n) is 7.33. The van der Waals surface area contributed by atoms with Crippen LogP contribution in [0.25, 0.3) is 0 Å². The number of ether oxygens (including phenoxy) is 2. The number of nitrogens with two attached hydrogens (primary N) is 1. The van der Waals surface area contributed by atoms with E-state index in [1.165, 1.54) is 5.56 Å². The van der Waals surface area contributed by atoms with Crippen molar-refractivity contribution >= 4 is 0 Å². The quantitative estimate of drug-likeness (QED) is 0.786. The van der Waals surface area contributed by atoms with Crippen LogP contribution in [0, 0.1) is 6.92 Å². The lowest BCUT2D eigenvalue weighted by atomic mass is 10.1. The van der Waals surface area contributed by atoms with Gasteiger partial charge in [-0.25, -0.2) is 0 Å². The van der Waals surface area contributed by atoms with Crippen molar-refractivity contribution < 1.29 is 9.47 Å². The topological polar surface area (TPSA) is 44.5 Å². The fourth-order valence-electron chi connectivity index (χ4n) is 2.09. The molecular weight excluding hydrogens is 262 g/mol. The zero-order valence-electron chi connectivity index (χ0n) is 12.7. The maximum atomic E-state index is 5.97. The Morgan fingerprint density at radius 2 is 1.71 bits per heavy atom. The summed E-state index contributed by atoms with van der Waals surface area (Å²) in [5.74, 6) is 1.77. The van der Waals surface area contributed by atoms with Crippen molar-refractivity contribution in [3.63, 3.8) is 0 Å². The molecule has 0 saturated carbocycles. The van der Waals surface area contributed by atoms with Gasteiger partial charge >= 0.3 is 0 Å². The van der Waals surface area contributed by atoms with Gasteiger partial charge in [0.25, 0.3) is 0 Å². The third-order valence-corrected chi connectivity index (χ3v) is 3.22. The Morgan fingerprint density at radius 3 is 2.43 bits per heavy atom. The third kappa shape index (κ3) is 4.80. The van der Waals surface area contributed by atoms with Crippen molar-refractivity contribution in [3.8, 4) is 11.5 Å². The Balaban J connectivity index is 1.79. The summed E-state index contributed by atoms with van der Waals surface area (Å²) in [4.78, 5) is 0. The predicted octanol–water partition coefficient (Wildman–Crippen LogP) is 3.86. The van der Waals surface area contributed by atoms with E-state index in [-0.39, 0.29) is 6.04 Å². The molecule has 0 bridgehead atoms. The van der Waals surface area contributed by atoms with E-state index in [1.54, 1.807) is 0 Å². The number of para-hydroxylation sites is 1. The Hall–Kier alpha value is -2.00. The summed E-state index contributed by atoms with van der Waals surface area (Å²) in [6.07, 6.45) is 0.835. The average molecular weight is 285 g/mol. The molecule has 112 valence electrons. The van der Waals surface area contributed by atoms with Gasteiger partial charge < -0.3 is 15.2 Å². The molecular formula is C18H23NO2. The fraction of sp³-hybridized carbons (Fsp3) is 0.333. The number of aryl methyl sites for hydroxylation is 1. The van der Waals surface area contributed by atoms with E-state index in [2.05, 4.69) is 13.0 Å². The minimum atomic E-state index is -0.0267. The van der Waals surface area contributed by atoms with E-state index < -0.39 is 0 Å². The van der Waals surface area contributed by atoms with Crippen molar-refractivity contribution in [2.75, 3.05) is 13.2 Å². The van der Waals surface area contributed by atoms with Gasteiger partial charge in [0.1, 0.15) is 11.5 Å². The molecule has 0 radical (unpaired) electrons. The molecule has 0 saturated heterocycles. The van der Waals surface area contributed by atoms with Crippen LogP contribution >= 0.6 is 0 Å². The van der Waals surface area contributed by atoms with E-state index >= 15 is 0 Å². The molecule has 0 aliphatic rings. The number of rotatable bonds is 7. The molecule has 3 nitrogen and oxygen atoms in total. The molecule has 21 heavy (non-hydrogen) atoms. The molecule has 0 heterocycles. The highest BCUT2D eigenvalue weighted by molar-refractivity contribution is 5.38. The highest BCUT2D eigenvalue weighted by Crippen LogP contribution is 2.25. The first-order chi connectivity index (χ1) is 10.2. The summed E-state index contributed by atoms with van der Waals surface area (Å²) in [5, 5.41) is 0. The van der Waals surface area contributed by atoms with E-state index in [4.69, 9.17) is 15.2 Å². The molecule has 3 heteroatoms. The van der Waals surface area contributed by atoms with Gasteiger partial charge in [-0.1, -0.05) is 30.3 Å². The fourth-order valence-corrected chi connectivity index (χ4v) is 2.09. The molecule has 2 aromatic rings. The van der Waals surface area contributed by atoms with Crippen LogP contribution in [0.2, 0.25) is 0 Å². The van der Waals surface area contributed by atoms with Crippen LogP contribution < -0.4 is 15.2 Å². The van der Waals surface area contributed by atoms with E-state index in [0.29, 0.717) is 13.2 Å². The summed E-state index contributed by atoms with van der Waals surface area (Å²) in [6, 6.07) is 15.9. The van der Waals surface area contributed by atoms with Gasteiger partial charge in [-0.3, -0.25) is 0 Å². The second-order valence-corrected chi connectivity index (χ2v) is 5.19. The molecule has 1 atom stereocenters. The van der Waals surface area contributed by atoms with Gasteiger partial charge in [0.05, 0.1) is 13.2 Å². The maximum Gasteiger partial charge on any atom is 0.124 e. The monoisotopic (exact) mass is 285 g/mol. The number of hydrogen-bond acceptors (Lipinski definition) is 3. The van der Waals surface area contributed by atoms with Crippen molar-refractivity contribution in [1.82, 2.24) is 0 Å². The van der Waals surface area contributed by atoms with Gasteiger partial charge in [0.15, 0.2) is 0 Å². The Bertz CT molecular complexity index is 552. The van der Waals surface area contributed by atoms with Gasteiger partial charge in [0.2, 0.25) is 0 Å². The minimum absolute atomic E-state index is 0.0267. The van der Waals surface area contributed by atoms with Crippen LogP contribution in [-0.4, -0.2) is 13.2 Å². The summed E-state index contributed by atoms with van der Waals surface area (Å²) < 4.78 is 11.5. The molecule has 2 N–H and O–H groups in total. The summed E-state index contributed by atoms with van der Waals surface area (Å²) in [7, 11) is 0. The first-order valence-corrected chi connectivity index (χ1v) is 7.33. The Kier molecular flexibility index (Phi) is 5.64. The summed E-state index contributed by atoms with van der Waals surface area (Å²) >= 11 is 0. The second-order valence-electron chi connectivity index (χ2n) is 5.19. The number of hydrogen-bond donors (Lipinski definition) is 1. The zero-order valence-corrected chi connectivity index (χ0v) is 12.7. The van der Waals surface area contributed by atoms with Gasteiger partial charge in [0, 0.05) is 18.0 Å². The van der Waals surface area contributed by atoms with Crippen molar-refractivity contribution in [1.29, 1.82) is 0 Å². The van der Waals surface area contributed by atoms with Crippen LogP contribution in [-0.2, 0) is 0 Å². The van der Waals surface area contributed by atoms with Crippen LogP contribution in [0.1, 0.15) is 30.5 Å². The normalized spacial score (nSPS) is 12.0. The largest absolute Gasteiger partial charge is 0.493 e. The molecule has 0 amide bonds. The van der Waals surface area contributed by atoms with Crippen LogP contribution in [0.4, 0.5) is 0 Å². The molecule has 0 aliphatic carbocycles. The smallest absolute Gasteiger partial charge is 0.124 e. The zero-order chi connectivity index (χ0) is 15.1. The first kappa shape index (κ1) is 15.4. The van der Waals surface area contributed by atoms with E-state index in [1.807, 2.05) is 49.4 Å². The van der Waals surface area contributed by atoms with E-state index in [0.717, 1.165) is 23.5 Å². The third-order valence-electron chi connectivity index (χ3n) is 3.22. The van der Waals surface area contributed by atoms with E-state index in [9.17, 15) is 0 Å². The molecule has 0 aliphatic heterocycles. The van der Waals surface area contributed by atoms with Crippen LogP contribution in [0.15, 0.2) is 48.5 Å². The molecule has 0 spiro atoms. The van der Waals surface area contributed by atoms with Gasteiger partial charge in [-0.05, 0) is 37.6 Å².